The van der Waals surface area contributed by atoms with Gasteiger partial charge in [0.1, 0.15) is 0 Å². The van der Waals surface area contributed by atoms with E-state index in [9.17, 15) is 13.2 Å². The van der Waals surface area contributed by atoms with Gasteiger partial charge in [-0.15, -0.1) is 12.4 Å². The van der Waals surface area contributed by atoms with E-state index in [1.165, 1.54) is 0 Å². The Hall–Kier alpha value is -1.66. The maximum atomic E-state index is 13.0. The summed E-state index contributed by atoms with van der Waals surface area (Å²) >= 11 is 1.57. The molecule has 0 saturated carbocycles. The first-order valence-corrected chi connectivity index (χ1v) is 11.9. The van der Waals surface area contributed by atoms with E-state index in [2.05, 4.69) is 5.32 Å². The second-order valence-electron chi connectivity index (χ2n) is 6.74. The number of ether oxygens (including phenoxy) is 1. The van der Waals surface area contributed by atoms with Gasteiger partial charge in [-0.1, -0.05) is 30.0 Å². The van der Waals surface area contributed by atoms with Crippen molar-refractivity contribution in [1.29, 1.82) is 0 Å². The van der Waals surface area contributed by atoms with E-state index < -0.39 is 21.2 Å². The molecule has 1 aliphatic rings. The van der Waals surface area contributed by atoms with Crippen molar-refractivity contribution < 1.29 is 23.2 Å². The fourth-order valence-electron chi connectivity index (χ4n) is 3.01. The van der Waals surface area contributed by atoms with E-state index in [0.717, 1.165) is 9.79 Å². The molecule has 1 fully saturated rings. The van der Waals surface area contributed by atoms with Gasteiger partial charge in [0.05, 0.1) is 18.0 Å². The van der Waals surface area contributed by atoms with Crippen LogP contribution in [0.4, 0.5) is 0 Å². The zero-order valence-corrected chi connectivity index (χ0v) is 19.2. The van der Waals surface area contributed by atoms with Crippen molar-refractivity contribution in [2.24, 2.45) is 0 Å². The summed E-state index contributed by atoms with van der Waals surface area (Å²) in [4.78, 5) is 15.3. The fourth-order valence-corrected chi connectivity index (χ4v) is 5.35. The zero-order chi connectivity index (χ0) is 21.4. The zero-order valence-electron chi connectivity index (χ0n) is 16.8. The molecule has 3 N–H and O–H groups in total. The van der Waals surface area contributed by atoms with Crippen molar-refractivity contribution in [2.45, 2.75) is 20.1 Å². The molecule has 0 aromatic heterocycles. The number of rotatable bonds is 9. The Morgan fingerprint density at radius 1 is 1.13 bits per heavy atom. The van der Waals surface area contributed by atoms with Gasteiger partial charge in [0.2, 0.25) is 9.84 Å². The minimum atomic E-state index is -3.62. The van der Waals surface area contributed by atoms with E-state index in [-0.39, 0.29) is 30.4 Å². The number of sulfone groups is 1. The number of carbonyl (C=O) groups excluding carboxylic acids is 1. The lowest BCUT2D eigenvalue weighted by molar-refractivity contribution is -0.128. The molecule has 1 amide bonds. The van der Waals surface area contributed by atoms with Crippen molar-refractivity contribution in [1.82, 2.24) is 15.7 Å². The minimum Gasteiger partial charge on any atom is -0.359 e. The first kappa shape index (κ1) is 25.6. The predicted octanol–water partition coefficient (Wildman–Crippen LogP) is 1.79. The molecule has 0 bridgehead atoms. The highest BCUT2D eigenvalue weighted by atomic mass is 35.5. The lowest BCUT2D eigenvalue weighted by Gasteiger charge is -2.32. The Labute approximate surface area is 192 Å². The Morgan fingerprint density at radius 3 is 2.48 bits per heavy atom. The lowest BCUT2D eigenvalue weighted by Crippen LogP contribution is -2.48. The Balaban J connectivity index is 0.00000341. The van der Waals surface area contributed by atoms with Gasteiger partial charge in [-0.05, 0) is 36.4 Å². The Morgan fingerprint density at radius 2 is 1.81 bits per heavy atom. The van der Waals surface area contributed by atoms with Crippen LogP contribution >= 0.6 is 24.2 Å². The molecule has 3 rings (SSSR count). The van der Waals surface area contributed by atoms with Crippen molar-refractivity contribution in [3.63, 3.8) is 0 Å². The third kappa shape index (κ3) is 7.46. The first-order valence-electron chi connectivity index (χ1n) is 9.53. The topological polar surface area (TPSA) is 108 Å². The molecule has 1 aliphatic heterocycles. The second kappa shape index (κ2) is 12.4. The smallest absolute Gasteiger partial charge is 0.257 e. The van der Waals surface area contributed by atoms with Crippen LogP contribution < -0.4 is 10.8 Å². The molecule has 31 heavy (non-hydrogen) atoms. The molecule has 0 radical (unpaired) electrons. The normalized spacial score (nSPS) is 17.0. The fraction of sp³-hybridized carbons (Fsp3) is 0.350. The molecule has 11 heteroatoms. The van der Waals surface area contributed by atoms with Crippen LogP contribution in [-0.4, -0.2) is 69.2 Å². The van der Waals surface area contributed by atoms with Crippen LogP contribution in [0.5, 0.6) is 0 Å². The van der Waals surface area contributed by atoms with Crippen molar-refractivity contribution >= 4 is 39.9 Å². The van der Waals surface area contributed by atoms with Crippen molar-refractivity contribution in [3.8, 4) is 0 Å². The van der Waals surface area contributed by atoms with Gasteiger partial charge in [0.25, 0.3) is 5.91 Å². The summed E-state index contributed by atoms with van der Waals surface area (Å²) in [5, 5.41) is 11.4. The van der Waals surface area contributed by atoms with Crippen LogP contribution in [0.15, 0.2) is 69.3 Å². The van der Waals surface area contributed by atoms with Crippen LogP contribution in [0.3, 0.4) is 0 Å². The van der Waals surface area contributed by atoms with Gasteiger partial charge in [-0.25, -0.2) is 13.9 Å². The van der Waals surface area contributed by atoms with Crippen LogP contribution in [0.2, 0.25) is 0 Å². The van der Waals surface area contributed by atoms with E-state index in [1.54, 1.807) is 41.5 Å². The SMILES string of the molecule is Cl.O=C(CNCCN1CCOC(S(=O)(=O)c2ccc(Sc3ccccc3)cc2)C1)NO. The number of hydrogen-bond acceptors (Lipinski definition) is 8. The summed E-state index contributed by atoms with van der Waals surface area (Å²) in [6, 6.07) is 16.7. The molecular formula is C20H26ClN3O5S2. The third-order valence-corrected chi connectivity index (χ3v) is 7.53. The summed E-state index contributed by atoms with van der Waals surface area (Å²) in [6.07, 6.45) is 0. The number of hydrogen-bond donors (Lipinski definition) is 3. The highest BCUT2D eigenvalue weighted by Crippen LogP contribution is 2.29. The summed E-state index contributed by atoms with van der Waals surface area (Å²) in [7, 11) is -3.62. The summed E-state index contributed by atoms with van der Waals surface area (Å²) in [5.74, 6) is -0.522. The number of carbonyl (C=O) groups is 1. The highest BCUT2D eigenvalue weighted by molar-refractivity contribution is 7.99. The largest absolute Gasteiger partial charge is 0.359 e. The van der Waals surface area contributed by atoms with Gasteiger partial charge in [-0.2, -0.15) is 0 Å². The number of hydroxylamine groups is 1. The van der Waals surface area contributed by atoms with E-state index in [1.807, 2.05) is 35.2 Å². The molecule has 1 saturated heterocycles. The summed E-state index contributed by atoms with van der Waals surface area (Å²) in [6.45, 7) is 2.26. The molecule has 1 unspecified atom stereocenters. The lowest BCUT2D eigenvalue weighted by atomic mass is 10.4. The molecule has 1 atom stereocenters. The number of nitrogens with zero attached hydrogens (tertiary/aromatic N) is 1. The molecule has 170 valence electrons. The van der Waals surface area contributed by atoms with Crippen LogP contribution in [0, 0.1) is 0 Å². The number of morpholine rings is 1. The molecule has 2 aromatic carbocycles. The monoisotopic (exact) mass is 487 g/mol. The van der Waals surface area contributed by atoms with Crippen molar-refractivity contribution in [2.75, 3.05) is 39.3 Å². The predicted molar refractivity (Wildman–Crippen MR) is 120 cm³/mol. The second-order valence-corrected chi connectivity index (χ2v) is 9.98. The van der Waals surface area contributed by atoms with Crippen LogP contribution in [-0.2, 0) is 19.4 Å². The van der Waals surface area contributed by atoms with Gasteiger partial charge >= 0.3 is 0 Å². The van der Waals surface area contributed by atoms with Crippen LogP contribution in [0.25, 0.3) is 0 Å². The molecule has 0 aliphatic carbocycles. The molecule has 1 heterocycles. The van der Waals surface area contributed by atoms with Gasteiger partial charge in [0.15, 0.2) is 5.44 Å². The van der Waals surface area contributed by atoms with Crippen molar-refractivity contribution in [3.05, 3.63) is 54.6 Å². The van der Waals surface area contributed by atoms with E-state index in [0.29, 0.717) is 26.2 Å². The number of halogens is 1. The molecule has 0 spiro atoms. The number of nitrogens with one attached hydrogen (secondary N) is 2. The van der Waals surface area contributed by atoms with Gasteiger partial charge < -0.3 is 10.1 Å². The maximum Gasteiger partial charge on any atom is 0.257 e. The van der Waals surface area contributed by atoms with Crippen LogP contribution in [0.1, 0.15) is 0 Å². The molecule has 8 nitrogen and oxygen atoms in total. The standard InChI is InChI=1S/C20H25N3O5S2.ClH/c24-19(22-25)14-21-10-11-23-12-13-28-20(15-23)30(26,27)18-8-6-17(7-9-18)29-16-4-2-1-3-5-16;/h1-9,20-21,25H,10-15H2,(H,22,24);1H. The summed E-state index contributed by atoms with van der Waals surface area (Å²) in [5.41, 5.74) is 0.619. The molecule has 2 aromatic rings. The Kier molecular flexibility index (Phi) is 10.2. The Bertz CT molecular complexity index is 930. The average Bonchev–Trinajstić information content (AvgIpc) is 2.78. The summed E-state index contributed by atoms with van der Waals surface area (Å²) < 4.78 is 31.6. The quantitative estimate of drug-likeness (QED) is 0.279. The van der Waals surface area contributed by atoms with Gasteiger partial charge in [-0.3, -0.25) is 14.9 Å². The number of benzene rings is 2. The number of amides is 1. The minimum absolute atomic E-state index is 0. The van der Waals surface area contributed by atoms with Gasteiger partial charge in [0, 0.05) is 36.0 Å². The first-order chi connectivity index (χ1) is 14.5. The molecular weight excluding hydrogens is 462 g/mol. The third-order valence-electron chi connectivity index (χ3n) is 4.61. The van der Waals surface area contributed by atoms with E-state index in [4.69, 9.17) is 9.94 Å². The van der Waals surface area contributed by atoms with E-state index >= 15 is 0 Å². The maximum absolute atomic E-state index is 13.0. The highest BCUT2D eigenvalue weighted by Gasteiger charge is 2.33. The average molecular weight is 488 g/mol.